The molecule has 0 unspecified atom stereocenters. The Morgan fingerprint density at radius 1 is 0.724 bits per heavy atom. The second-order valence-electron chi connectivity index (χ2n) is 8.49. The van der Waals surface area contributed by atoms with Gasteiger partial charge in [0.25, 0.3) is 0 Å². The van der Waals surface area contributed by atoms with Crippen molar-refractivity contribution >= 4 is 35.8 Å². The molecule has 0 saturated heterocycles. The average molecular weight is 447 g/mol. The normalized spacial score (nSPS) is 11.6. The molecule has 0 radical (unpaired) electrons. The van der Waals surface area contributed by atoms with Crippen LogP contribution in [0, 0.1) is 5.92 Å². The van der Waals surface area contributed by atoms with Crippen LogP contribution in [0.1, 0.15) is 124 Å². The van der Waals surface area contributed by atoms with Gasteiger partial charge in [-0.15, -0.1) is 4.67 Å². The van der Waals surface area contributed by atoms with Gasteiger partial charge in [-0.1, -0.05) is 103 Å². The first-order valence-corrected chi connectivity index (χ1v) is 15.1. The third-order valence-corrected chi connectivity index (χ3v) is 6.98. The number of hydrogen-bond donors (Lipinski definition) is 2. The molecule has 172 valence electrons. The monoisotopic (exact) mass is 446 g/mol. The van der Waals surface area contributed by atoms with Crippen molar-refractivity contribution in [1.29, 1.82) is 0 Å². The summed E-state index contributed by atoms with van der Waals surface area (Å²) in [5.74, 6) is 0.946. The van der Waals surface area contributed by atoms with Gasteiger partial charge < -0.3 is 9.79 Å². The molecule has 0 aliphatic carbocycles. The zero-order valence-electron chi connectivity index (χ0n) is 19.9. The Balaban J connectivity index is 0. The van der Waals surface area contributed by atoms with Crippen molar-refractivity contribution in [3.63, 3.8) is 0 Å². The van der Waals surface area contributed by atoms with Gasteiger partial charge in [-0.2, -0.15) is 0 Å². The second-order valence-corrected chi connectivity index (χ2v) is 10.4. The van der Waals surface area contributed by atoms with E-state index in [4.69, 9.17) is 9.79 Å². The van der Waals surface area contributed by atoms with Gasteiger partial charge in [0.15, 0.2) is 0 Å². The maximum atomic E-state index is 10.4. The molecule has 0 aliphatic rings. The first-order chi connectivity index (χ1) is 13.8. The van der Waals surface area contributed by atoms with Crippen LogP contribution in [0.4, 0.5) is 0 Å². The van der Waals surface area contributed by atoms with Crippen LogP contribution in [0.2, 0.25) is 3.67 Å². The Hall–Kier alpha value is 1.07. The Morgan fingerprint density at radius 2 is 1.03 bits per heavy atom. The van der Waals surface area contributed by atoms with E-state index < -0.39 is 7.82 Å². The summed E-state index contributed by atoms with van der Waals surface area (Å²) in [6, 6.07) is 0. The van der Waals surface area contributed by atoms with Gasteiger partial charge in [0.05, 0.1) is 6.61 Å². The van der Waals surface area contributed by atoms with E-state index in [1.807, 2.05) is 0 Å². The Bertz CT molecular complexity index is 350. The van der Waals surface area contributed by atoms with E-state index in [0.717, 1.165) is 25.2 Å². The zero-order chi connectivity index (χ0) is 22.2. The molecule has 0 heterocycles. The van der Waals surface area contributed by atoms with Gasteiger partial charge in [-0.25, -0.2) is 9.45 Å². The average Bonchev–Trinajstić information content (AvgIpc) is 2.66. The first-order valence-electron chi connectivity index (χ1n) is 12.2. The van der Waals surface area contributed by atoms with Crippen LogP contribution in [0.3, 0.4) is 0 Å². The van der Waals surface area contributed by atoms with Crippen molar-refractivity contribution in [3.05, 3.63) is 0 Å². The standard InChI is InChI=1S/C18H39O5P.C4H9.Na/c1-2-3-4-5-6-7-8-9-10-11-12-13-14-15-16-17-18-22-23-24(19,20)21;1-4(2)3;/h2-18H2,1H3,(H2,19,20,21);4H,1H2,2-3H3;. The van der Waals surface area contributed by atoms with Crippen LogP contribution in [-0.2, 0) is 14.1 Å². The molecule has 2 N–H and O–H groups in total. The maximum Gasteiger partial charge on any atom is 0.496 e. The molecule has 0 atom stereocenters. The Kier molecular flexibility index (Phi) is 28.2. The molecule has 0 aromatic carbocycles. The molecule has 0 saturated carbocycles. The fraction of sp³-hybridized carbons (Fsp3) is 1.00. The largest absolute Gasteiger partial charge is 0.496 e. The van der Waals surface area contributed by atoms with Crippen molar-refractivity contribution < 1.29 is 23.9 Å². The third-order valence-electron chi connectivity index (χ3n) is 5.05. The van der Waals surface area contributed by atoms with Gasteiger partial charge in [-0.05, 0) is 6.42 Å². The summed E-state index contributed by atoms with van der Waals surface area (Å²) in [4.78, 5) is 21.3. The van der Waals surface area contributed by atoms with Crippen LogP contribution in [0.5, 0.6) is 0 Å². The smallest absolute Gasteiger partial charge is 0.301 e. The molecule has 0 aromatic heterocycles. The first kappa shape index (κ1) is 32.3. The second kappa shape index (κ2) is 25.3. The molecule has 5 nitrogen and oxygen atoms in total. The summed E-state index contributed by atoms with van der Waals surface area (Å²) in [5.41, 5.74) is 0. The Morgan fingerprint density at radius 3 is 1.31 bits per heavy atom. The van der Waals surface area contributed by atoms with Crippen molar-refractivity contribution in [2.45, 2.75) is 127 Å². The van der Waals surface area contributed by atoms with Crippen LogP contribution in [0.15, 0.2) is 0 Å². The van der Waals surface area contributed by atoms with Crippen molar-refractivity contribution in [1.82, 2.24) is 0 Å². The maximum absolute atomic E-state index is 10.4. The summed E-state index contributed by atoms with van der Waals surface area (Å²) in [6.45, 7) is 7.02. The summed E-state index contributed by atoms with van der Waals surface area (Å²) >= 11 is 1.37. The van der Waals surface area contributed by atoms with Gasteiger partial charge in [0, 0.05) is 0 Å². The summed E-state index contributed by atoms with van der Waals surface area (Å²) in [5, 5.41) is 0. The number of unbranched alkanes of at least 4 members (excludes halogenated alkanes) is 15. The van der Waals surface area contributed by atoms with Crippen molar-refractivity contribution in [2.24, 2.45) is 5.92 Å². The van der Waals surface area contributed by atoms with Crippen LogP contribution < -0.4 is 0 Å². The zero-order valence-corrected chi connectivity index (χ0v) is 22.8. The molecule has 0 bridgehead atoms. The molecular formula is C22H48NaO5P. The molecule has 29 heavy (non-hydrogen) atoms. The molecule has 0 amide bonds. The fourth-order valence-electron chi connectivity index (χ4n) is 2.82. The molecule has 0 aliphatic heterocycles. The predicted molar refractivity (Wildman–Crippen MR) is 124 cm³/mol. The molecule has 7 heteroatoms. The molecule has 0 spiro atoms. The van der Waals surface area contributed by atoms with E-state index in [1.54, 1.807) is 0 Å². The summed E-state index contributed by atoms with van der Waals surface area (Å²) in [6.07, 6.45) is 20.7. The van der Waals surface area contributed by atoms with E-state index in [2.05, 4.69) is 30.3 Å². The number of phosphoric acid groups is 1. The van der Waals surface area contributed by atoms with E-state index in [9.17, 15) is 4.57 Å². The van der Waals surface area contributed by atoms with E-state index in [-0.39, 0.29) is 6.61 Å². The Labute approximate surface area is 198 Å². The number of rotatable bonds is 20. The van der Waals surface area contributed by atoms with Crippen LogP contribution in [0.25, 0.3) is 0 Å². The van der Waals surface area contributed by atoms with Crippen molar-refractivity contribution in [3.8, 4) is 0 Å². The summed E-state index contributed by atoms with van der Waals surface area (Å²) < 4.78 is 15.7. The quantitative estimate of drug-likeness (QED) is 0.0665. The number of hydrogen-bond acceptors (Lipinski definition) is 3. The fourth-order valence-corrected chi connectivity index (χ4v) is 3.03. The van der Waals surface area contributed by atoms with Gasteiger partial charge in [0.2, 0.25) is 0 Å². The van der Waals surface area contributed by atoms with Crippen LogP contribution >= 0.6 is 7.82 Å². The molecule has 0 aromatic rings. The predicted octanol–water partition coefficient (Wildman–Crippen LogP) is 7.52. The van der Waals surface area contributed by atoms with Crippen LogP contribution in [-0.4, -0.2) is 44.3 Å². The minimum absolute atomic E-state index is 0.240. The van der Waals surface area contributed by atoms with Gasteiger partial charge in [0.1, 0.15) is 0 Å². The van der Waals surface area contributed by atoms with Crippen molar-refractivity contribution in [2.75, 3.05) is 6.61 Å². The van der Waals surface area contributed by atoms with Gasteiger partial charge in [-0.3, -0.25) is 0 Å². The molecular weight excluding hydrogens is 398 g/mol. The molecule has 0 fully saturated rings. The topological polar surface area (TPSA) is 76.0 Å². The SMILES string of the molecule is CC(C)[CH2][Na].CCCCCCCCCCCCCCCCCCOOP(=O)(O)O. The summed E-state index contributed by atoms with van der Waals surface area (Å²) in [7, 11) is -4.48. The minimum atomic E-state index is -4.48. The minimum Gasteiger partial charge on any atom is -0.301 e. The van der Waals surface area contributed by atoms with E-state index in [1.165, 1.54) is 115 Å². The van der Waals surface area contributed by atoms with E-state index >= 15 is 0 Å². The third kappa shape index (κ3) is 36.8. The van der Waals surface area contributed by atoms with E-state index in [0.29, 0.717) is 0 Å². The van der Waals surface area contributed by atoms with Gasteiger partial charge >= 0.3 is 59.2 Å². The molecule has 0 rings (SSSR count).